The van der Waals surface area contributed by atoms with Gasteiger partial charge in [0.2, 0.25) is 0 Å². The molecule has 0 amide bonds. The number of rotatable bonds is 3. The van der Waals surface area contributed by atoms with Crippen LogP contribution >= 0.6 is 0 Å². The lowest BCUT2D eigenvalue weighted by atomic mass is 9.89. The second-order valence-electron chi connectivity index (χ2n) is 6.69. The monoisotopic (exact) mass is 254 g/mol. The maximum Gasteiger partial charge on any atom is 0.0483 e. The van der Waals surface area contributed by atoms with Gasteiger partial charge >= 0.3 is 0 Å². The molecule has 2 aliphatic heterocycles. The minimum atomic E-state index is 0.375. The molecule has 2 fully saturated rings. The molecular weight excluding hydrogens is 224 g/mol. The third-order valence-corrected chi connectivity index (χ3v) is 4.57. The Morgan fingerprint density at radius 1 is 1.33 bits per heavy atom. The summed E-state index contributed by atoms with van der Waals surface area (Å²) < 4.78 is 5.54. The van der Waals surface area contributed by atoms with Crippen molar-refractivity contribution in [1.82, 2.24) is 10.2 Å². The van der Waals surface area contributed by atoms with E-state index in [1.54, 1.807) is 0 Å². The largest absolute Gasteiger partial charge is 0.381 e. The molecule has 106 valence electrons. The van der Waals surface area contributed by atoms with Crippen molar-refractivity contribution in [2.24, 2.45) is 5.92 Å². The van der Waals surface area contributed by atoms with Crippen LogP contribution in [0.4, 0.5) is 0 Å². The summed E-state index contributed by atoms with van der Waals surface area (Å²) in [7, 11) is 0. The molecule has 0 aromatic rings. The zero-order valence-corrected chi connectivity index (χ0v) is 12.4. The van der Waals surface area contributed by atoms with E-state index in [-0.39, 0.29) is 0 Å². The maximum atomic E-state index is 5.54. The minimum Gasteiger partial charge on any atom is -0.381 e. The SMILES string of the molecule is CC(C)CC1CN(C2(C)CCOCC2)CCCN1. The lowest BCUT2D eigenvalue weighted by molar-refractivity contribution is -0.0201. The van der Waals surface area contributed by atoms with Gasteiger partial charge in [0.25, 0.3) is 0 Å². The van der Waals surface area contributed by atoms with Crippen molar-refractivity contribution in [2.75, 3.05) is 32.8 Å². The molecule has 2 saturated heterocycles. The van der Waals surface area contributed by atoms with Gasteiger partial charge < -0.3 is 10.1 Å². The lowest BCUT2D eigenvalue weighted by Gasteiger charge is -2.44. The van der Waals surface area contributed by atoms with E-state index in [1.807, 2.05) is 0 Å². The summed E-state index contributed by atoms with van der Waals surface area (Å²) in [6.45, 7) is 12.6. The Labute approximate surface area is 112 Å². The average molecular weight is 254 g/mol. The van der Waals surface area contributed by atoms with Crippen molar-refractivity contribution in [3.63, 3.8) is 0 Å². The molecule has 3 heteroatoms. The predicted molar refractivity (Wildman–Crippen MR) is 75.9 cm³/mol. The number of nitrogens with one attached hydrogen (secondary N) is 1. The zero-order valence-electron chi connectivity index (χ0n) is 12.4. The zero-order chi connectivity index (χ0) is 13.0. The fourth-order valence-corrected chi connectivity index (χ4v) is 3.34. The van der Waals surface area contributed by atoms with Crippen LogP contribution in [0.25, 0.3) is 0 Å². The highest BCUT2D eigenvalue weighted by Crippen LogP contribution is 2.29. The van der Waals surface area contributed by atoms with Crippen LogP contribution in [0.5, 0.6) is 0 Å². The summed E-state index contributed by atoms with van der Waals surface area (Å²) in [4.78, 5) is 2.74. The first-order valence-electron chi connectivity index (χ1n) is 7.66. The molecule has 0 aliphatic carbocycles. The van der Waals surface area contributed by atoms with Crippen LogP contribution in [0.3, 0.4) is 0 Å². The van der Waals surface area contributed by atoms with E-state index in [0.29, 0.717) is 11.6 Å². The molecule has 1 atom stereocenters. The van der Waals surface area contributed by atoms with Crippen molar-refractivity contribution < 1.29 is 4.74 Å². The van der Waals surface area contributed by atoms with Crippen LogP contribution in [-0.2, 0) is 4.74 Å². The van der Waals surface area contributed by atoms with Gasteiger partial charge in [-0.2, -0.15) is 0 Å². The van der Waals surface area contributed by atoms with Gasteiger partial charge in [-0.25, -0.2) is 0 Å². The van der Waals surface area contributed by atoms with Crippen molar-refractivity contribution in [3.05, 3.63) is 0 Å². The van der Waals surface area contributed by atoms with E-state index >= 15 is 0 Å². The molecule has 0 aromatic carbocycles. The quantitative estimate of drug-likeness (QED) is 0.836. The highest BCUT2D eigenvalue weighted by atomic mass is 16.5. The fourth-order valence-electron chi connectivity index (χ4n) is 3.34. The Morgan fingerprint density at radius 3 is 2.72 bits per heavy atom. The summed E-state index contributed by atoms with van der Waals surface area (Å²) in [5.41, 5.74) is 0.375. The highest BCUT2D eigenvalue weighted by molar-refractivity contribution is 4.92. The molecule has 2 rings (SSSR count). The molecule has 0 saturated carbocycles. The first-order chi connectivity index (χ1) is 8.60. The van der Waals surface area contributed by atoms with Gasteiger partial charge in [0.05, 0.1) is 0 Å². The van der Waals surface area contributed by atoms with E-state index in [9.17, 15) is 0 Å². The van der Waals surface area contributed by atoms with E-state index in [0.717, 1.165) is 19.1 Å². The topological polar surface area (TPSA) is 24.5 Å². The number of ether oxygens (including phenoxy) is 1. The highest BCUT2D eigenvalue weighted by Gasteiger charge is 2.35. The van der Waals surface area contributed by atoms with Crippen molar-refractivity contribution in [1.29, 1.82) is 0 Å². The molecule has 1 N–H and O–H groups in total. The normalized spacial score (nSPS) is 30.3. The lowest BCUT2D eigenvalue weighted by Crippen LogP contribution is -2.53. The third-order valence-electron chi connectivity index (χ3n) is 4.57. The molecule has 2 heterocycles. The van der Waals surface area contributed by atoms with Gasteiger partial charge in [-0.1, -0.05) is 13.8 Å². The Kier molecular flexibility index (Phi) is 5.05. The second kappa shape index (κ2) is 6.36. The second-order valence-corrected chi connectivity index (χ2v) is 6.69. The summed E-state index contributed by atoms with van der Waals surface area (Å²) in [6, 6.07) is 0.673. The molecule has 0 spiro atoms. The standard InChI is InChI=1S/C15H30N2O/c1-13(2)11-14-12-17(8-4-7-16-14)15(3)5-9-18-10-6-15/h13-14,16H,4-12H2,1-3H3. The maximum absolute atomic E-state index is 5.54. The number of nitrogens with zero attached hydrogens (tertiary/aromatic N) is 1. The molecule has 0 aromatic heterocycles. The van der Waals surface area contributed by atoms with Crippen LogP contribution in [-0.4, -0.2) is 49.3 Å². The Hall–Kier alpha value is -0.120. The summed E-state index contributed by atoms with van der Waals surface area (Å²) in [6.07, 6.45) is 4.97. The molecule has 3 nitrogen and oxygen atoms in total. The predicted octanol–water partition coefficient (Wildman–Crippen LogP) is 2.27. The summed E-state index contributed by atoms with van der Waals surface area (Å²) in [5.74, 6) is 0.782. The van der Waals surface area contributed by atoms with E-state index in [4.69, 9.17) is 4.74 Å². The Morgan fingerprint density at radius 2 is 2.06 bits per heavy atom. The summed E-state index contributed by atoms with van der Waals surface area (Å²) >= 11 is 0. The molecule has 2 aliphatic rings. The smallest absolute Gasteiger partial charge is 0.0483 e. The van der Waals surface area contributed by atoms with Gasteiger partial charge in [0, 0.05) is 31.3 Å². The molecular formula is C15H30N2O. The fraction of sp³-hybridized carbons (Fsp3) is 1.00. The van der Waals surface area contributed by atoms with Crippen LogP contribution in [0, 0.1) is 5.92 Å². The molecule has 0 bridgehead atoms. The van der Waals surface area contributed by atoms with Crippen molar-refractivity contribution in [3.8, 4) is 0 Å². The van der Waals surface area contributed by atoms with Crippen molar-refractivity contribution in [2.45, 2.75) is 58.0 Å². The first kappa shape index (κ1) is 14.3. The van der Waals surface area contributed by atoms with Gasteiger partial charge in [0.1, 0.15) is 0 Å². The van der Waals surface area contributed by atoms with Gasteiger partial charge in [-0.05, 0) is 51.6 Å². The van der Waals surface area contributed by atoms with E-state index < -0.39 is 0 Å². The van der Waals surface area contributed by atoms with E-state index in [1.165, 1.54) is 45.3 Å². The minimum absolute atomic E-state index is 0.375. The number of hydrogen-bond acceptors (Lipinski definition) is 3. The van der Waals surface area contributed by atoms with Gasteiger partial charge in [-0.15, -0.1) is 0 Å². The van der Waals surface area contributed by atoms with Crippen LogP contribution < -0.4 is 5.32 Å². The molecule has 18 heavy (non-hydrogen) atoms. The van der Waals surface area contributed by atoms with Gasteiger partial charge in [-0.3, -0.25) is 4.90 Å². The Bertz CT molecular complexity index is 249. The third kappa shape index (κ3) is 3.69. The summed E-state index contributed by atoms with van der Waals surface area (Å²) in [5, 5.41) is 3.73. The van der Waals surface area contributed by atoms with Gasteiger partial charge in [0.15, 0.2) is 0 Å². The Balaban J connectivity index is 1.97. The van der Waals surface area contributed by atoms with E-state index in [2.05, 4.69) is 31.0 Å². The molecule has 0 radical (unpaired) electrons. The average Bonchev–Trinajstić information content (AvgIpc) is 2.55. The van der Waals surface area contributed by atoms with Crippen LogP contribution in [0.1, 0.15) is 46.5 Å². The van der Waals surface area contributed by atoms with Crippen LogP contribution in [0.2, 0.25) is 0 Å². The van der Waals surface area contributed by atoms with Crippen molar-refractivity contribution >= 4 is 0 Å². The first-order valence-corrected chi connectivity index (χ1v) is 7.66. The molecule has 1 unspecified atom stereocenters. The number of hydrogen-bond donors (Lipinski definition) is 1. The van der Waals surface area contributed by atoms with Crippen LogP contribution in [0.15, 0.2) is 0 Å².